The highest BCUT2D eigenvalue weighted by Gasteiger charge is 2.27. The van der Waals surface area contributed by atoms with Crippen molar-refractivity contribution in [1.82, 2.24) is 20.3 Å². The van der Waals surface area contributed by atoms with Gasteiger partial charge in [-0.3, -0.25) is 0 Å². The van der Waals surface area contributed by atoms with Crippen molar-refractivity contribution < 1.29 is 14.7 Å². The quantitative estimate of drug-likeness (QED) is 0.156. The molecule has 0 radical (unpaired) electrons. The smallest absolute Gasteiger partial charge is 0.328 e. The van der Waals surface area contributed by atoms with Gasteiger partial charge in [-0.15, -0.1) is 0 Å². The number of amides is 2. The maximum Gasteiger partial charge on any atom is 0.328 e. The Morgan fingerprint density at radius 2 is 1.91 bits per heavy atom. The number of carboxylic acid groups (broad SMARTS) is 1. The van der Waals surface area contributed by atoms with Gasteiger partial charge in [-0.25, -0.2) is 24.5 Å². The zero-order valence-corrected chi connectivity index (χ0v) is 27.4. The molecular formula is C36H46N8O3. The molecule has 0 unspecified atom stereocenters. The van der Waals surface area contributed by atoms with Crippen LogP contribution in [0.3, 0.4) is 0 Å². The predicted molar refractivity (Wildman–Crippen MR) is 186 cm³/mol. The Kier molecular flexibility index (Phi) is 10.2. The van der Waals surface area contributed by atoms with Gasteiger partial charge in [0.25, 0.3) is 0 Å². The van der Waals surface area contributed by atoms with E-state index in [1.807, 2.05) is 25.1 Å². The van der Waals surface area contributed by atoms with E-state index in [2.05, 4.69) is 61.3 Å². The van der Waals surface area contributed by atoms with Crippen LogP contribution in [0.25, 0.3) is 5.57 Å². The minimum Gasteiger partial charge on any atom is -0.480 e. The first-order valence-corrected chi connectivity index (χ1v) is 17.1. The minimum absolute atomic E-state index is 0.0287. The molecule has 1 saturated carbocycles. The maximum atomic E-state index is 12.9. The second kappa shape index (κ2) is 14.8. The zero-order chi connectivity index (χ0) is 32.8. The highest BCUT2D eigenvalue weighted by Crippen LogP contribution is 2.39. The van der Waals surface area contributed by atoms with Gasteiger partial charge in [0, 0.05) is 49.0 Å². The largest absolute Gasteiger partial charge is 0.480 e. The lowest BCUT2D eigenvalue weighted by molar-refractivity contribution is -0.138. The predicted octanol–water partition coefficient (Wildman–Crippen LogP) is 6.21. The van der Waals surface area contributed by atoms with Crippen LogP contribution in [0, 0.1) is 0 Å². The molecule has 47 heavy (non-hydrogen) atoms. The summed E-state index contributed by atoms with van der Waals surface area (Å²) in [7, 11) is 0. The molecule has 3 aliphatic rings. The number of aryl methyl sites for hydroxylation is 1. The normalized spacial score (nSPS) is 16.5. The SMILES string of the molecule is CCCC(=C1CC1)c1cccc(NC(=O)N[C@@H](CNc2ncnc(N3CCC(c4ccc5c(n4)NCCC5)CC3)c2CC)C(=O)O)c1. The molecule has 248 valence electrons. The van der Waals surface area contributed by atoms with Gasteiger partial charge in [0.1, 0.15) is 29.8 Å². The number of nitrogens with one attached hydrogen (secondary N) is 4. The molecule has 11 nitrogen and oxygen atoms in total. The molecule has 2 amide bonds. The number of aliphatic carboxylic acids is 1. The molecule has 0 spiro atoms. The lowest BCUT2D eigenvalue weighted by atomic mass is 9.92. The summed E-state index contributed by atoms with van der Waals surface area (Å²) in [6.45, 7) is 6.86. The number of carbonyl (C=O) groups excluding carboxylic acids is 1. The number of benzene rings is 1. The van der Waals surface area contributed by atoms with E-state index in [1.54, 1.807) is 0 Å². The standard InChI is InChI=1S/C36H46N8O3/c1-3-7-29(23-11-12-23)26-8-5-10-27(20-26)41-36(47)43-31(35(45)46)21-38-33-28(4-2)34(40-22-39-33)44-18-15-24(16-19-44)30-14-13-25-9-6-17-37-32(25)42-30/h5,8,10,13-14,20,22,24,31H,3-4,6-7,9,11-12,15-19,21H2,1-2H3,(H,37,42)(H,45,46)(H,38,39,40)(H2,41,43,47)/t31-/m0/s1. The van der Waals surface area contributed by atoms with E-state index in [-0.39, 0.29) is 6.54 Å². The van der Waals surface area contributed by atoms with Crippen molar-refractivity contribution in [1.29, 1.82) is 0 Å². The average Bonchev–Trinajstić information content (AvgIpc) is 3.94. The zero-order valence-electron chi connectivity index (χ0n) is 27.4. The third-order valence-electron chi connectivity index (χ3n) is 9.38. The number of allylic oxidation sites excluding steroid dienone is 2. The van der Waals surface area contributed by atoms with Crippen LogP contribution in [-0.2, 0) is 17.6 Å². The molecule has 4 heterocycles. The number of piperidine rings is 1. The molecule has 2 aromatic heterocycles. The number of fused-ring (bicyclic) bond motifs is 1. The fourth-order valence-electron chi connectivity index (χ4n) is 6.76. The molecule has 1 saturated heterocycles. The second-order valence-corrected chi connectivity index (χ2v) is 12.7. The lowest BCUT2D eigenvalue weighted by Gasteiger charge is -2.34. The molecule has 0 bridgehead atoms. The number of hydrogen-bond acceptors (Lipinski definition) is 8. The number of anilines is 4. The van der Waals surface area contributed by atoms with E-state index in [1.165, 1.54) is 23.0 Å². The lowest BCUT2D eigenvalue weighted by Crippen LogP contribution is -2.47. The van der Waals surface area contributed by atoms with Crippen LogP contribution in [0.5, 0.6) is 0 Å². The Morgan fingerprint density at radius 3 is 2.66 bits per heavy atom. The summed E-state index contributed by atoms with van der Waals surface area (Å²) < 4.78 is 0. The van der Waals surface area contributed by atoms with Crippen molar-refractivity contribution in [3.63, 3.8) is 0 Å². The minimum atomic E-state index is -1.17. The summed E-state index contributed by atoms with van der Waals surface area (Å²) in [5, 5.41) is 22.0. The molecule has 1 aliphatic carbocycles. The first-order chi connectivity index (χ1) is 22.9. The van der Waals surface area contributed by atoms with Crippen LogP contribution in [0.1, 0.15) is 87.1 Å². The molecule has 5 N–H and O–H groups in total. The topological polar surface area (TPSA) is 144 Å². The molecule has 11 heteroatoms. The summed E-state index contributed by atoms with van der Waals surface area (Å²) >= 11 is 0. The van der Waals surface area contributed by atoms with Gasteiger partial charge in [-0.2, -0.15) is 0 Å². The van der Waals surface area contributed by atoms with Gasteiger partial charge in [0.15, 0.2) is 0 Å². The summed E-state index contributed by atoms with van der Waals surface area (Å²) in [6, 6.07) is 10.4. The Morgan fingerprint density at radius 1 is 1.09 bits per heavy atom. The van der Waals surface area contributed by atoms with Gasteiger partial charge >= 0.3 is 12.0 Å². The third kappa shape index (κ3) is 7.84. The Bertz CT molecular complexity index is 1630. The number of nitrogens with zero attached hydrogens (tertiary/aromatic N) is 4. The van der Waals surface area contributed by atoms with Gasteiger partial charge in [-0.1, -0.05) is 44.0 Å². The number of rotatable bonds is 12. The molecule has 1 aromatic carbocycles. The molecule has 2 aliphatic heterocycles. The second-order valence-electron chi connectivity index (χ2n) is 12.7. The van der Waals surface area contributed by atoms with Gasteiger partial charge < -0.3 is 31.3 Å². The van der Waals surface area contributed by atoms with Crippen molar-refractivity contribution in [2.45, 2.75) is 83.6 Å². The van der Waals surface area contributed by atoms with Crippen molar-refractivity contribution in [2.75, 3.05) is 47.0 Å². The highest BCUT2D eigenvalue weighted by molar-refractivity contribution is 5.93. The average molecular weight is 639 g/mol. The third-order valence-corrected chi connectivity index (χ3v) is 9.38. The van der Waals surface area contributed by atoms with Crippen LogP contribution >= 0.6 is 0 Å². The fourth-order valence-corrected chi connectivity index (χ4v) is 6.76. The van der Waals surface area contributed by atoms with Gasteiger partial charge in [0.2, 0.25) is 0 Å². The number of aromatic nitrogens is 3. The van der Waals surface area contributed by atoms with E-state index in [0.29, 0.717) is 23.8 Å². The van der Waals surface area contributed by atoms with Crippen molar-refractivity contribution in [2.24, 2.45) is 0 Å². The number of carboxylic acids is 1. The van der Waals surface area contributed by atoms with E-state index in [4.69, 9.17) is 4.98 Å². The van der Waals surface area contributed by atoms with Crippen LogP contribution in [0.4, 0.5) is 27.9 Å². The van der Waals surface area contributed by atoms with Crippen molar-refractivity contribution in [3.8, 4) is 0 Å². The summed E-state index contributed by atoms with van der Waals surface area (Å²) in [4.78, 5) is 41.4. The van der Waals surface area contributed by atoms with Crippen LogP contribution < -0.4 is 26.2 Å². The summed E-state index contributed by atoms with van der Waals surface area (Å²) in [6.07, 6.45) is 10.7. The van der Waals surface area contributed by atoms with E-state index in [9.17, 15) is 14.7 Å². The van der Waals surface area contributed by atoms with Crippen LogP contribution in [0.15, 0.2) is 48.3 Å². The van der Waals surface area contributed by atoms with Crippen LogP contribution in [0.2, 0.25) is 0 Å². The van der Waals surface area contributed by atoms with E-state index >= 15 is 0 Å². The van der Waals surface area contributed by atoms with E-state index < -0.39 is 18.0 Å². The Hall–Kier alpha value is -4.67. The van der Waals surface area contributed by atoms with E-state index in [0.717, 1.165) is 99.5 Å². The first kappa shape index (κ1) is 32.3. The van der Waals surface area contributed by atoms with Crippen molar-refractivity contribution >= 4 is 40.7 Å². The first-order valence-electron chi connectivity index (χ1n) is 17.1. The van der Waals surface area contributed by atoms with Gasteiger partial charge in [-0.05, 0) is 86.3 Å². The summed E-state index contributed by atoms with van der Waals surface area (Å²) in [5.74, 6) is 1.75. The summed E-state index contributed by atoms with van der Waals surface area (Å²) in [5.41, 5.74) is 7.96. The molecule has 1 atom stereocenters. The Balaban J connectivity index is 1.06. The van der Waals surface area contributed by atoms with Gasteiger partial charge in [0.05, 0.1) is 0 Å². The number of carbonyl (C=O) groups is 2. The Labute approximate surface area is 276 Å². The molecule has 3 aromatic rings. The molecule has 6 rings (SSSR count). The van der Waals surface area contributed by atoms with Crippen LogP contribution in [-0.4, -0.2) is 64.3 Å². The number of pyridine rings is 1. The maximum absolute atomic E-state index is 12.9. The number of urea groups is 1. The molecular weight excluding hydrogens is 592 g/mol. The fraction of sp³-hybridized carbons (Fsp3) is 0.472. The highest BCUT2D eigenvalue weighted by atomic mass is 16.4. The monoisotopic (exact) mass is 638 g/mol. The molecule has 2 fully saturated rings. The van der Waals surface area contributed by atoms with Crippen molar-refractivity contribution in [3.05, 3.63) is 70.7 Å². The number of hydrogen-bond donors (Lipinski definition) is 5.